The van der Waals surface area contributed by atoms with E-state index < -0.39 is 0 Å². The summed E-state index contributed by atoms with van der Waals surface area (Å²) in [5.74, 6) is 0. The van der Waals surface area contributed by atoms with Crippen LogP contribution in [-0.4, -0.2) is 24.0 Å². The zero-order valence-corrected chi connectivity index (χ0v) is 11.5. The maximum atomic E-state index is 6.15. The van der Waals surface area contributed by atoms with E-state index in [4.69, 9.17) is 5.73 Å². The number of hydrogen-bond donors (Lipinski definition) is 1. The number of thiophene rings is 1. The van der Waals surface area contributed by atoms with E-state index in [2.05, 4.69) is 42.5 Å². The molecule has 0 saturated heterocycles. The Kier molecular flexibility index (Phi) is 6.03. The highest BCUT2D eigenvalue weighted by Gasteiger charge is 2.22. The summed E-state index contributed by atoms with van der Waals surface area (Å²) in [5.41, 5.74) is 7.53. The summed E-state index contributed by atoms with van der Waals surface area (Å²) in [6, 6.07) is 2.77. The molecule has 3 heteroatoms. The first kappa shape index (κ1) is 13.7. The van der Waals surface area contributed by atoms with E-state index in [-0.39, 0.29) is 6.04 Å². The van der Waals surface area contributed by atoms with Gasteiger partial charge in [-0.15, -0.1) is 0 Å². The van der Waals surface area contributed by atoms with Crippen molar-refractivity contribution < 1.29 is 0 Å². The van der Waals surface area contributed by atoms with Gasteiger partial charge in [-0.25, -0.2) is 0 Å². The van der Waals surface area contributed by atoms with Gasteiger partial charge in [0, 0.05) is 6.04 Å². The summed E-state index contributed by atoms with van der Waals surface area (Å²) in [6.07, 6.45) is 2.38. The Hall–Kier alpha value is -0.380. The zero-order valence-electron chi connectivity index (χ0n) is 10.6. The molecule has 0 aliphatic carbocycles. The monoisotopic (exact) mass is 240 g/mol. The Balaban J connectivity index is 2.81. The van der Waals surface area contributed by atoms with E-state index >= 15 is 0 Å². The van der Waals surface area contributed by atoms with Crippen molar-refractivity contribution in [3.8, 4) is 0 Å². The second kappa shape index (κ2) is 7.05. The van der Waals surface area contributed by atoms with Crippen molar-refractivity contribution in [1.82, 2.24) is 4.90 Å². The topological polar surface area (TPSA) is 29.3 Å². The maximum Gasteiger partial charge on any atom is 0.0504 e. The van der Waals surface area contributed by atoms with Crippen LogP contribution in [0.15, 0.2) is 16.8 Å². The van der Waals surface area contributed by atoms with Crippen LogP contribution in [0.4, 0.5) is 0 Å². The smallest absolute Gasteiger partial charge is 0.0504 e. The molecule has 0 spiro atoms. The molecule has 2 nitrogen and oxygen atoms in total. The van der Waals surface area contributed by atoms with Crippen molar-refractivity contribution in [2.45, 2.75) is 45.7 Å². The van der Waals surface area contributed by atoms with Crippen LogP contribution in [0.1, 0.15) is 45.2 Å². The average molecular weight is 240 g/mol. The molecule has 1 rings (SSSR count). The van der Waals surface area contributed by atoms with Gasteiger partial charge in [-0.2, -0.15) is 11.3 Å². The molecule has 2 N–H and O–H groups in total. The molecule has 0 aliphatic rings. The fourth-order valence-corrected chi connectivity index (χ4v) is 2.94. The lowest BCUT2D eigenvalue weighted by Crippen LogP contribution is -2.40. The summed E-state index contributed by atoms with van der Waals surface area (Å²) in [6.45, 7) is 8.84. The lowest BCUT2D eigenvalue weighted by Gasteiger charge is -2.33. The highest BCUT2D eigenvalue weighted by atomic mass is 32.1. The van der Waals surface area contributed by atoms with Crippen molar-refractivity contribution in [2.75, 3.05) is 13.1 Å². The van der Waals surface area contributed by atoms with Gasteiger partial charge in [0.2, 0.25) is 0 Å². The molecule has 2 unspecified atom stereocenters. The summed E-state index contributed by atoms with van der Waals surface area (Å²) in [7, 11) is 0. The van der Waals surface area contributed by atoms with Crippen LogP contribution in [0.25, 0.3) is 0 Å². The number of hydrogen-bond acceptors (Lipinski definition) is 3. The van der Waals surface area contributed by atoms with Crippen LogP contribution in [0.3, 0.4) is 0 Å². The molecule has 0 fully saturated rings. The summed E-state index contributed by atoms with van der Waals surface area (Å²) < 4.78 is 0. The van der Waals surface area contributed by atoms with Gasteiger partial charge < -0.3 is 5.73 Å². The average Bonchev–Trinajstić information content (AvgIpc) is 2.71. The largest absolute Gasteiger partial charge is 0.326 e. The van der Waals surface area contributed by atoms with E-state index in [0.29, 0.717) is 6.04 Å². The van der Waals surface area contributed by atoms with Gasteiger partial charge in [-0.3, -0.25) is 4.90 Å². The maximum absolute atomic E-state index is 6.15. The predicted octanol–water partition coefficient (Wildman–Crippen LogP) is 3.26. The first-order valence-electron chi connectivity index (χ1n) is 6.22. The van der Waals surface area contributed by atoms with E-state index in [1.807, 2.05) is 0 Å². The minimum atomic E-state index is 0.188. The third kappa shape index (κ3) is 3.58. The fourth-order valence-electron chi connectivity index (χ4n) is 2.25. The normalized spacial score (nSPS) is 15.3. The minimum absolute atomic E-state index is 0.188. The SMILES string of the molecule is CCCN(CCC)C(c1ccsc1)C(C)N. The Morgan fingerprint density at radius 3 is 2.31 bits per heavy atom. The lowest BCUT2D eigenvalue weighted by molar-refractivity contribution is 0.177. The van der Waals surface area contributed by atoms with Crippen LogP contribution >= 0.6 is 11.3 Å². The van der Waals surface area contributed by atoms with Gasteiger partial charge in [0.25, 0.3) is 0 Å². The van der Waals surface area contributed by atoms with Crippen molar-refractivity contribution in [1.29, 1.82) is 0 Å². The van der Waals surface area contributed by atoms with Crippen LogP contribution in [0, 0.1) is 0 Å². The van der Waals surface area contributed by atoms with E-state index in [9.17, 15) is 0 Å². The van der Waals surface area contributed by atoms with Crippen molar-refractivity contribution >= 4 is 11.3 Å². The Bertz CT molecular complexity index is 263. The van der Waals surface area contributed by atoms with Crippen molar-refractivity contribution in [3.05, 3.63) is 22.4 Å². The number of nitrogens with two attached hydrogens (primary N) is 1. The molecule has 0 amide bonds. The van der Waals surface area contributed by atoms with Crippen LogP contribution in [0.5, 0.6) is 0 Å². The molecule has 0 aromatic carbocycles. The molecule has 0 saturated carbocycles. The molecule has 16 heavy (non-hydrogen) atoms. The summed E-state index contributed by atoms with van der Waals surface area (Å²) >= 11 is 1.76. The molecular formula is C13H24N2S. The van der Waals surface area contributed by atoms with Crippen LogP contribution in [0.2, 0.25) is 0 Å². The third-order valence-electron chi connectivity index (χ3n) is 2.80. The standard InChI is InChI=1S/C13H24N2S/c1-4-7-15(8-5-2)13(11(3)14)12-6-9-16-10-12/h6,9-11,13H,4-5,7-8,14H2,1-3H3. The lowest BCUT2D eigenvalue weighted by atomic mass is 10.0. The van der Waals surface area contributed by atoms with Crippen LogP contribution < -0.4 is 5.73 Å². The van der Waals surface area contributed by atoms with Crippen LogP contribution in [-0.2, 0) is 0 Å². The van der Waals surface area contributed by atoms with Gasteiger partial charge in [0.15, 0.2) is 0 Å². The van der Waals surface area contributed by atoms with Gasteiger partial charge >= 0.3 is 0 Å². The summed E-state index contributed by atoms with van der Waals surface area (Å²) in [4.78, 5) is 2.52. The minimum Gasteiger partial charge on any atom is -0.326 e. The highest BCUT2D eigenvalue weighted by molar-refractivity contribution is 7.07. The zero-order chi connectivity index (χ0) is 12.0. The Morgan fingerprint density at radius 1 is 1.31 bits per heavy atom. The van der Waals surface area contributed by atoms with E-state index in [1.54, 1.807) is 11.3 Å². The van der Waals surface area contributed by atoms with Gasteiger partial charge in [-0.05, 0) is 55.2 Å². The molecule has 1 aromatic heterocycles. The molecular weight excluding hydrogens is 216 g/mol. The van der Waals surface area contributed by atoms with Crippen molar-refractivity contribution in [3.63, 3.8) is 0 Å². The quantitative estimate of drug-likeness (QED) is 0.792. The van der Waals surface area contributed by atoms with Gasteiger partial charge in [0.1, 0.15) is 0 Å². The Labute approximate surface area is 103 Å². The molecule has 1 aromatic rings. The second-order valence-corrected chi connectivity index (χ2v) is 5.18. The third-order valence-corrected chi connectivity index (χ3v) is 3.50. The van der Waals surface area contributed by atoms with Crippen molar-refractivity contribution in [2.24, 2.45) is 5.73 Å². The predicted molar refractivity (Wildman–Crippen MR) is 72.9 cm³/mol. The first-order chi connectivity index (χ1) is 7.70. The molecule has 0 aliphatic heterocycles. The number of rotatable bonds is 7. The Morgan fingerprint density at radius 2 is 1.94 bits per heavy atom. The molecule has 0 radical (unpaired) electrons. The first-order valence-corrected chi connectivity index (χ1v) is 7.16. The summed E-state index contributed by atoms with van der Waals surface area (Å²) in [5, 5.41) is 4.37. The molecule has 92 valence electrons. The molecule has 0 bridgehead atoms. The van der Waals surface area contributed by atoms with E-state index in [0.717, 1.165) is 13.1 Å². The number of nitrogens with zero attached hydrogens (tertiary/aromatic N) is 1. The molecule has 2 atom stereocenters. The molecule has 1 heterocycles. The van der Waals surface area contributed by atoms with Gasteiger partial charge in [0.05, 0.1) is 6.04 Å². The fraction of sp³-hybridized carbons (Fsp3) is 0.692. The second-order valence-electron chi connectivity index (χ2n) is 4.40. The van der Waals surface area contributed by atoms with E-state index in [1.165, 1.54) is 18.4 Å². The van der Waals surface area contributed by atoms with Gasteiger partial charge in [-0.1, -0.05) is 13.8 Å². The highest BCUT2D eigenvalue weighted by Crippen LogP contribution is 2.25.